The van der Waals surface area contributed by atoms with E-state index in [1.54, 1.807) is 12.1 Å². The molecular formula is C16H8F2O4. The van der Waals surface area contributed by atoms with Crippen LogP contribution < -0.4 is 5.63 Å². The number of benzene rings is 2. The van der Waals surface area contributed by atoms with Crippen LogP contribution in [-0.4, -0.2) is 11.1 Å². The average Bonchev–Trinajstić information content (AvgIpc) is 2.50. The molecule has 0 unspecified atom stereocenters. The molecule has 0 spiro atoms. The van der Waals surface area contributed by atoms with Gasteiger partial charge in [-0.3, -0.25) is 0 Å². The number of carboxylic acid groups (broad SMARTS) is 1. The normalized spacial score (nSPS) is 10.8. The van der Waals surface area contributed by atoms with Crippen LogP contribution in [0.3, 0.4) is 0 Å². The third kappa shape index (κ3) is 2.14. The third-order valence-corrected chi connectivity index (χ3v) is 3.23. The number of carbonyl (C=O) groups is 1. The van der Waals surface area contributed by atoms with Gasteiger partial charge in [0.25, 0.3) is 0 Å². The van der Waals surface area contributed by atoms with E-state index in [1.165, 1.54) is 12.1 Å². The van der Waals surface area contributed by atoms with Crippen molar-refractivity contribution in [2.45, 2.75) is 0 Å². The van der Waals surface area contributed by atoms with Gasteiger partial charge in [-0.25, -0.2) is 18.4 Å². The van der Waals surface area contributed by atoms with E-state index < -0.39 is 29.0 Å². The molecule has 6 heteroatoms. The predicted molar refractivity (Wildman–Crippen MR) is 74.8 cm³/mol. The summed E-state index contributed by atoms with van der Waals surface area (Å²) in [6.45, 7) is 0. The predicted octanol–water partition coefficient (Wildman–Crippen LogP) is 3.44. The van der Waals surface area contributed by atoms with Gasteiger partial charge in [-0.2, -0.15) is 0 Å². The van der Waals surface area contributed by atoms with Crippen molar-refractivity contribution in [2.75, 3.05) is 0 Å². The molecule has 0 radical (unpaired) electrons. The summed E-state index contributed by atoms with van der Waals surface area (Å²) in [5.74, 6) is -3.82. The van der Waals surface area contributed by atoms with E-state index in [-0.39, 0.29) is 21.9 Å². The Morgan fingerprint density at radius 1 is 1.05 bits per heavy atom. The molecule has 3 aromatic rings. The number of hydrogen-bond donors (Lipinski definition) is 1. The first kappa shape index (κ1) is 13.9. The number of fused-ring (bicyclic) bond motifs is 1. The Labute approximate surface area is 122 Å². The zero-order valence-electron chi connectivity index (χ0n) is 11.0. The van der Waals surface area contributed by atoms with E-state index in [4.69, 9.17) is 4.42 Å². The maximum atomic E-state index is 14.0. The van der Waals surface area contributed by atoms with E-state index in [0.717, 1.165) is 18.2 Å². The van der Waals surface area contributed by atoms with Gasteiger partial charge in [0, 0.05) is 16.5 Å². The second-order valence-electron chi connectivity index (χ2n) is 4.57. The molecule has 110 valence electrons. The Balaban J connectivity index is 2.53. The zero-order valence-corrected chi connectivity index (χ0v) is 11.0. The maximum Gasteiger partial charge on any atom is 0.372 e. The standard InChI is InChI=1S/C16H8F2O4/c17-8-5-6-12(18)11(7-8)13-9-3-1-2-4-10(9)16(21)22-14(13)15(19)20/h1-7H,(H,19,20). The summed E-state index contributed by atoms with van der Waals surface area (Å²) in [5.41, 5.74) is -1.30. The molecule has 0 atom stereocenters. The van der Waals surface area contributed by atoms with Crippen LogP contribution in [0.1, 0.15) is 10.6 Å². The minimum Gasteiger partial charge on any atom is -0.475 e. The van der Waals surface area contributed by atoms with Crippen LogP contribution in [0.15, 0.2) is 51.7 Å². The van der Waals surface area contributed by atoms with Crippen LogP contribution in [0.4, 0.5) is 8.78 Å². The molecule has 0 aliphatic rings. The van der Waals surface area contributed by atoms with Gasteiger partial charge in [0.1, 0.15) is 11.6 Å². The molecule has 0 bridgehead atoms. The summed E-state index contributed by atoms with van der Waals surface area (Å²) in [6, 6.07) is 8.67. The van der Waals surface area contributed by atoms with Crippen LogP contribution in [-0.2, 0) is 0 Å². The molecular weight excluding hydrogens is 294 g/mol. The molecule has 0 saturated carbocycles. The largest absolute Gasteiger partial charge is 0.475 e. The molecule has 0 aliphatic heterocycles. The van der Waals surface area contributed by atoms with E-state index in [2.05, 4.69) is 0 Å². The average molecular weight is 302 g/mol. The molecule has 0 aliphatic carbocycles. The molecule has 2 aromatic carbocycles. The third-order valence-electron chi connectivity index (χ3n) is 3.23. The summed E-state index contributed by atoms with van der Waals surface area (Å²) in [5, 5.41) is 9.49. The van der Waals surface area contributed by atoms with Crippen molar-refractivity contribution in [1.29, 1.82) is 0 Å². The second-order valence-corrected chi connectivity index (χ2v) is 4.57. The topological polar surface area (TPSA) is 67.5 Å². The fourth-order valence-electron chi connectivity index (χ4n) is 2.31. The van der Waals surface area contributed by atoms with Crippen molar-refractivity contribution in [3.05, 3.63) is 70.3 Å². The highest BCUT2D eigenvalue weighted by Crippen LogP contribution is 2.32. The summed E-state index contributed by atoms with van der Waals surface area (Å²) >= 11 is 0. The first-order valence-electron chi connectivity index (χ1n) is 6.23. The number of hydrogen-bond acceptors (Lipinski definition) is 3. The minimum atomic E-state index is -1.54. The minimum absolute atomic E-state index is 0.0890. The van der Waals surface area contributed by atoms with Crippen molar-refractivity contribution in [3.63, 3.8) is 0 Å². The molecule has 0 amide bonds. The molecule has 1 aromatic heterocycles. The van der Waals surface area contributed by atoms with E-state index >= 15 is 0 Å². The summed E-state index contributed by atoms with van der Waals surface area (Å²) in [7, 11) is 0. The number of carboxylic acids is 1. The molecule has 0 saturated heterocycles. The van der Waals surface area contributed by atoms with Gasteiger partial charge in [-0.1, -0.05) is 18.2 Å². The van der Waals surface area contributed by atoms with Gasteiger partial charge in [-0.15, -0.1) is 0 Å². The van der Waals surface area contributed by atoms with E-state index in [9.17, 15) is 23.5 Å². The van der Waals surface area contributed by atoms with Gasteiger partial charge in [-0.05, 0) is 24.3 Å². The molecule has 3 rings (SSSR count). The van der Waals surface area contributed by atoms with Crippen molar-refractivity contribution in [1.82, 2.24) is 0 Å². The number of aromatic carboxylic acids is 1. The van der Waals surface area contributed by atoms with Gasteiger partial charge in [0.2, 0.25) is 5.76 Å². The fourth-order valence-corrected chi connectivity index (χ4v) is 2.31. The van der Waals surface area contributed by atoms with Crippen LogP contribution in [0, 0.1) is 11.6 Å². The molecule has 1 N–H and O–H groups in total. The van der Waals surface area contributed by atoms with Crippen molar-refractivity contribution in [3.8, 4) is 11.1 Å². The Hall–Kier alpha value is -3.02. The lowest BCUT2D eigenvalue weighted by molar-refractivity contribution is 0.0659. The summed E-state index contributed by atoms with van der Waals surface area (Å²) in [6.07, 6.45) is 0. The lowest BCUT2D eigenvalue weighted by atomic mass is 9.98. The van der Waals surface area contributed by atoms with Gasteiger partial charge in [0.05, 0.1) is 5.39 Å². The lowest BCUT2D eigenvalue weighted by Crippen LogP contribution is -2.10. The van der Waals surface area contributed by atoms with Gasteiger partial charge in [0.15, 0.2) is 0 Å². The Morgan fingerprint density at radius 3 is 2.41 bits per heavy atom. The molecule has 0 fully saturated rings. The van der Waals surface area contributed by atoms with Gasteiger partial charge >= 0.3 is 11.6 Å². The van der Waals surface area contributed by atoms with E-state index in [1.807, 2.05) is 0 Å². The number of halogens is 2. The zero-order chi connectivity index (χ0) is 15.9. The first-order valence-corrected chi connectivity index (χ1v) is 6.23. The maximum absolute atomic E-state index is 14.0. The highest BCUT2D eigenvalue weighted by atomic mass is 19.1. The van der Waals surface area contributed by atoms with Crippen molar-refractivity contribution in [2.24, 2.45) is 0 Å². The lowest BCUT2D eigenvalue weighted by Gasteiger charge is -2.10. The summed E-state index contributed by atoms with van der Waals surface area (Å²) in [4.78, 5) is 23.2. The second kappa shape index (κ2) is 5.07. The smallest absolute Gasteiger partial charge is 0.372 e. The highest BCUT2D eigenvalue weighted by molar-refractivity contribution is 6.04. The Bertz CT molecular complexity index is 960. The highest BCUT2D eigenvalue weighted by Gasteiger charge is 2.23. The van der Waals surface area contributed by atoms with Gasteiger partial charge < -0.3 is 9.52 Å². The first-order chi connectivity index (χ1) is 10.5. The monoisotopic (exact) mass is 302 g/mol. The molecule has 4 nitrogen and oxygen atoms in total. The number of rotatable bonds is 2. The van der Waals surface area contributed by atoms with E-state index in [0.29, 0.717) is 0 Å². The SMILES string of the molecule is O=C(O)c1oc(=O)c2ccccc2c1-c1cc(F)ccc1F. The Morgan fingerprint density at radius 2 is 1.73 bits per heavy atom. The quantitative estimate of drug-likeness (QED) is 0.787. The van der Waals surface area contributed by atoms with Crippen LogP contribution in [0.25, 0.3) is 21.9 Å². The fraction of sp³-hybridized carbons (Fsp3) is 0. The molecule has 22 heavy (non-hydrogen) atoms. The van der Waals surface area contributed by atoms with Crippen molar-refractivity contribution >= 4 is 16.7 Å². The van der Waals surface area contributed by atoms with Crippen LogP contribution in [0.2, 0.25) is 0 Å². The summed E-state index contributed by atoms with van der Waals surface area (Å²) < 4.78 is 32.3. The van der Waals surface area contributed by atoms with Crippen LogP contribution in [0.5, 0.6) is 0 Å². The van der Waals surface area contributed by atoms with Crippen LogP contribution >= 0.6 is 0 Å². The molecule has 1 heterocycles. The Kier molecular flexibility index (Phi) is 3.21. The van der Waals surface area contributed by atoms with Crippen molar-refractivity contribution < 1.29 is 23.1 Å².